The molecular formula is C20H22N2O3. The van der Waals surface area contributed by atoms with Gasteiger partial charge in [0.1, 0.15) is 12.4 Å². The van der Waals surface area contributed by atoms with Gasteiger partial charge in [0.15, 0.2) is 0 Å². The highest BCUT2D eigenvalue weighted by atomic mass is 16.5. The number of hydrogen-bond donors (Lipinski definition) is 2. The van der Waals surface area contributed by atoms with Crippen LogP contribution in [0.2, 0.25) is 0 Å². The molecule has 0 saturated heterocycles. The Balaban J connectivity index is 1.61. The average Bonchev–Trinajstić information content (AvgIpc) is 2.60. The Bertz CT molecular complexity index is 784. The minimum Gasteiger partial charge on any atom is -0.492 e. The predicted molar refractivity (Wildman–Crippen MR) is 96.5 cm³/mol. The molecule has 1 heterocycles. The molecule has 0 bridgehead atoms. The quantitative estimate of drug-likeness (QED) is 0.901. The molecule has 5 heteroatoms. The zero-order valence-electron chi connectivity index (χ0n) is 14.5. The van der Waals surface area contributed by atoms with Gasteiger partial charge in [0.05, 0.1) is 5.92 Å². The van der Waals surface area contributed by atoms with Crippen LogP contribution < -0.4 is 15.4 Å². The summed E-state index contributed by atoms with van der Waals surface area (Å²) in [6, 6.07) is 13.6. The van der Waals surface area contributed by atoms with Gasteiger partial charge < -0.3 is 15.4 Å². The number of benzene rings is 2. The Morgan fingerprint density at radius 1 is 1.16 bits per heavy atom. The topological polar surface area (TPSA) is 67.4 Å². The minimum absolute atomic E-state index is 0.0174. The van der Waals surface area contributed by atoms with Gasteiger partial charge in [-0.05, 0) is 42.7 Å². The molecule has 0 saturated carbocycles. The van der Waals surface area contributed by atoms with Crippen molar-refractivity contribution in [1.29, 1.82) is 0 Å². The van der Waals surface area contributed by atoms with Crippen molar-refractivity contribution < 1.29 is 14.3 Å². The summed E-state index contributed by atoms with van der Waals surface area (Å²) >= 11 is 0. The summed E-state index contributed by atoms with van der Waals surface area (Å²) in [6.45, 7) is 4.38. The molecule has 1 unspecified atom stereocenters. The second-order valence-corrected chi connectivity index (χ2v) is 6.42. The minimum atomic E-state index is -0.231. The summed E-state index contributed by atoms with van der Waals surface area (Å²) in [5.74, 6) is 0.405. The summed E-state index contributed by atoms with van der Waals surface area (Å²) in [5, 5.41) is 5.73. The number of ether oxygens (including phenoxy) is 1. The summed E-state index contributed by atoms with van der Waals surface area (Å²) < 4.78 is 5.71. The largest absolute Gasteiger partial charge is 0.492 e. The third-order valence-corrected chi connectivity index (χ3v) is 4.25. The van der Waals surface area contributed by atoms with Crippen LogP contribution in [-0.2, 0) is 22.6 Å². The monoisotopic (exact) mass is 338 g/mol. The van der Waals surface area contributed by atoms with E-state index in [-0.39, 0.29) is 17.7 Å². The molecule has 0 radical (unpaired) electrons. The Kier molecular flexibility index (Phi) is 5.03. The van der Waals surface area contributed by atoms with Crippen LogP contribution in [0.3, 0.4) is 0 Å². The SMILES string of the molecule is CC(=O)Nc1ccc2c(c1)CC(C(=O)NCc1ccc(C)cc1)CO2. The number of anilines is 1. The zero-order valence-corrected chi connectivity index (χ0v) is 14.5. The molecule has 2 amide bonds. The molecule has 0 aliphatic carbocycles. The maximum atomic E-state index is 12.5. The van der Waals surface area contributed by atoms with Gasteiger partial charge in [0.2, 0.25) is 11.8 Å². The van der Waals surface area contributed by atoms with E-state index in [1.54, 1.807) is 6.07 Å². The number of nitrogens with one attached hydrogen (secondary N) is 2. The summed E-state index contributed by atoms with van der Waals surface area (Å²) in [4.78, 5) is 23.6. The van der Waals surface area contributed by atoms with Gasteiger partial charge in [-0.15, -0.1) is 0 Å². The molecule has 2 aromatic rings. The van der Waals surface area contributed by atoms with Gasteiger partial charge >= 0.3 is 0 Å². The van der Waals surface area contributed by atoms with Crippen molar-refractivity contribution in [2.45, 2.75) is 26.8 Å². The molecule has 25 heavy (non-hydrogen) atoms. The van der Waals surface area contributed by atoms with Crippen molar-refractivity contribution in [3.05, 3.63) is 59.2 Å². The van der Waals surface area contributed by atoms with Gasteiger partial charge in [-0.2, -0.15) is 0 Å². The van der Waals surface area contributed by atoms with Crippen LogP contribution >= 0.6 is 0 Å². The van der Waals surface area contributed by atoms with Gasteiger partial charge in [0.25, 0.3) is 0 Å². The van der Waals surface area contributed by atoms with E-state index in [0.29, 0.717) is 19.6 Å². The fourth-order valence-corrected chi connectivity index (χ4v) is 2.88. The summed E-state index contributed by atoms with van der Waals surface area (Å²) in [5.41, 5.74) is 3.93. The second kappa shape index (κ2) is 7.38. The van der Waals surface area contributed by atoms with Gasteiger partial charge in [-0.1, -0.05) is 29.8 Å². The average molecular weight is 338 g/mol. The van der Waals surface area contributed by atoms with Crippen molar-refractivity contribution in [3.8, 4) is 5.75 Å². The molecule has 1 atom stereocenters. The van der Waals surface area contributed by atoms with Crippen LogP contribution in [0.1, 0.15) is 23.6 Å². The third kappa shape index (κ3) is 4.38. The number of carbonyl (C=O) groups is 2. The molecular weight excluding hydrogens is 316 g/mol. The van der Waals surface area contributed by atoms with Crippen molar-refractivity contribution in [2.24, 2.45) is 5.92 Å². The van der Waals surface area contributed by atoms with Gasteiger partial charge in [0, 0.05) is 19.2 Å². The number of fused-ring (bicyclic) bond motifs is 1. The third-order valence-electron chi connectivity index (χ3n) is 4.25. The highest BCUT2D eigenvalue weighted by Gasteiger charge is 2.26. The standard InChI is InChI=1S/C20H22N2O3/c1-13-3-5-15(6-4-13)11-21-20(24)17-9-16-10-18(22-14(2)23)7-8-19(16)25-12-17/h3-8,10,17H,9,11-12H2,1-2H3,(H,21,24)(H,22,23). The lowest BCUT2D eigenvalue weighted by Crippen LogP contribution is -2.37. The van der Waals surface area contributed by atoms with Crippen molar-refractivity contribution in [3.63, 3.8) is 0 Å². The molecule has 2 aromatic carbocycles. The van der Waals surface area contributed by atoms with E-state index in [1.165, 1.54) is 12.5 Å². The Morgan fingerprint density at radius 3 is 2.64 bits per heavy atom. The molecule has 5 nitrogen and oxygen atoms in total. The summed E-state index contributed by atoms with van der Waals surface area (Å²) in [7, 11) is 0. The highest BCUT2D eigenvalue weighted by molar-refractivity contribution is 5.89. The van der Waals surface area contributed by atoms with Crippen LogP contribution in [0.15, 0.2) is 42.5 Å². The fraction of sp³-hybridized carbons (Fsp3) is 0.300. The molecule has 0 fully saturated rings. The molecule has 2 N–H and O–H groups in total. The van der Waals surface area contributed by atoms with Crippen LogP contribution in [0, 0.1) is 12.8 Å². The number of amides is 2. The maximum absolute atomic E-state index is 12.5. The first-order chi connectivity index (χ1) is 12.0. The van der Waals surface area contributed by atoms with E-state index in [1.807, 2.05) is 43.3 Å². The van der Waals surface area contributed by atoms with E-state index >= 15 is 0 Å². The first-order valence-corrected chi connectivity index (χ1v) is 8.38. The van der Waals surface area contributed by atoms with Crippen LogP contribution in [0.4, 0.5) is 5.69 Å². The second-order valence-electron chi connectivity index (χ2n) is 6.42. The lowest BCUT2D eigenvalue weighted by Gasteiger charge is -2.25. The van der Waals surface area contributed by atoms with E-state index in [9.17, 15) is 9.59 Å². The van der Waals surface area contributed by atoms with Crippen LogP contribution in [0.5, 0.6) is 5.75 Å². The molecule has 0 spiro atoms. The van der Waals surface area contributed by atoms with Crippen molar-refractivity contribution in [1.82, 2.24) is 5.32 Å². The number of carbonyl (C=O) groups excluding carboxylic acids is 2. The highest BCUT2D eigenvalue weighted by Crippen LogP contribution is 2.30. The van der Waals surface area contributed by atoms with Gasteiger partial charge in [-0.3, -0.25) is 9.59 Å². The Hall–Kier alpha value is -2.82. The van der Waals surface area contributed by atoms with E-state index in [2.05, 4.69) is 10.6 Å². The predicted octanol–water partition coefficient (Wildman–Crippen LogP) is 2.82. The van der Waals surface area contributed by atoms with Crippen molar-refractivity contribution >= 4 is 17.5 Å². The van der Waals surface area contributed by atoms with Crippen LogP contribution in [0.25, 0.3) is 0 Å². The fourth-order valence-electron chi connectivity index (χ4n) is 2.88. The number of rotatable bonds is 4. The lowest BCUT2D eigenvalue weighted by molar-refractivity contribution is -0.126. The summed E-state index contributed by atoms with van der Waals surface area (Å²) in [6.07, 6.45) is 0.600. The lowest BCUT2D eigenvalue weighted by atomic mass is 9.95. The molecule has 3 rings (SSSR count). The Labute approximate surface area is 147 Å². The number of aryl methyl sites for hydroxylation is 1. The maximum Gasteiger partial charge on any atom is 0.227 e. The molecule has 0 aromatic heterocycles. The first-order valence-electron chi connectivity index (χ1n) is 8.38. The molecule has 1 aliphatic rings. The number of hydrogen-bond acceptors (Lipinski definition) is 3. The van der Waals surface area contributed by atoms with E-state index < -0.39 is 0 Å². The first kappa shape index (κ1) is 17.0. The van der Waals surface area contributed by atoms with Gasteiger partial charge in [-0.25, -0.2) is 0 Å². The smallest absolute Gasteiger partial charge is 0.227 e. The molecule has 1 aliphatic heterocycles. The normalized spacial score (nSPS) is 15.7. The van der Waals surface area contributed by atoms with Crippen molar-refractivity contribution in [2.75, 3.05) is 11.9 Å². The zero-order chi connectivity index (χ0) is 17.8. The van der Waals surface area contributed by atoms with Crippen LogP contribution in [-0.4, -0.2) is 18.4 Å². The van der Waals surface area contributed by atoms with E-state index in [0.717, 1.165) is 22.6 Å². The van der Waals surface area contributed by atoms with E-state index in [4.69, 9.17) is 4.74 Å². The Morgan fingerprint density at radius 2 is 1.92 bits per heavy atom. The molecule has 130 valence electrons.